The molecule has 0 amide bonds. The Bertz CT molecular complexity index is 595. The first-order valence-electron chi connectivity index (χ1n) is 5.76. The van der Waals surface area contributed by atoms with Crippen LogP contribution in [0.2, 0.25) is 0 Å². The molecule has 0 unspecified atom stereocenters. The third-order valence-corrected chi connectivity index (χ3v) is 3.55. The van der Waals surface area contributed by atoms with Crippen molar-refractivity contribution in [3.05, 3.63) is 35.9 Å². The molecule has 0 fully saturated rings. The number of ether oxygens (including phenoxy) is 1. The molecule has 0 saturated heterocycles. The van der Waals surface area contributed by atoms with Gasteiger partial charge in [0.05, 0.1) is 35.2 Å². The molecule has 19 heavy (non-hydrogen) atoms. The average Bonchev–Trinajstić information content (AvgIpc) is 2.77. The van der Waals surface area contributed by atoms with Gasteiger partial charge >= 0.3 is 5.97 Å². The topological polar surface area (TPSA) is 78.4 Å². The maximum absolute atomic E-state index is 11.9. The quantitative estimate of drug-likeness (QED) is 0.866. The van der Waals surface area contributed by atoms with Gasteiger partial charge in [-0.15, -0.1) is 0 Å². The van der Waals surface area contributed by atoms with Gasteiger partial charge in [-0.05, 0) is 26.0 Å². The number of pyridine rings is 1. The van der Waals surface area contributed by atoms with E-state index in [-0.39, 0.29) is 0 Å². The summed E-state index contributed by atoms with van der Waals surface area (Å²) in [5, 5.41) is 0.553. The first-order chi connectivity index (χ1) is 9.11. The van der Waals surface area contributed by atoms with Crippen molar-refractivity contribution in [3.63, 3.8) is 0 Å². The highest BCUT2D eigenvalue weighted by Crippen LogP contribution is 2.32. The lowest BCUT2D eigenvalue weighted by Gasteiger charge is -2.07. The summed E-state index contributed by atoms with van der Waals surface area (Å²) in [6, 6.07) is 3.40. The third kappa shape index (κ3) is 3.08. The molecule has 2 aromatic heterocycles. The summed E-state index contributed by atoms with van der Waals surface area (Å²) in [5.41, 5.74) is 6.46. The molecule has 100 valence electrons. The lowest BCUT2D eigenvalue weighted by atomic mass is 10.3. The predicted octanol–water partition coefficient (Wildman–Crippen LogP) is 2.89. The number of carbonyl (C=O) groups excluding carboxylic acids is 1. The van der Waals surface area contributed by atoms with E-state index in [4.69, 9.17) is 14.9 Å². The summed E-state index contributed by atoms with van der Waals surface area (Å²) in [7, 11) is 0. The number of esters is 1. The van der Waals surface area contributed by atoms with Gasteiger partial charge in [-0.2, -0.15) is 0 Å². The van der Waals surface area contributed by atoms with Gasteiger partial charge in [0.1, 0.15) is 10.8 Å². The normalized spacial score (nSPS) is 10.4. The lowest BCUT2D eigenvalue weighted by Crippen LogP contribution is -2.08. The van der Waals surface area contributed by atoms with Crippen molar-refractivity contribution >= 4 is 23.4 Å². The number of carbonyl (C=O) groups is 1. The van der Waals surface area contributed by atoms with Gasteiger partial charge in [-0.1, -0.05) is 11.8 Å². The first-order valence-corrected chi connectivity index (χ1v) is 6.58. The van der Waals surface area contributed by atoms with Gasteiger partial charge in [0, 0.05) is 0 Å². The smallest absolute Gasteiger partial charge is 0.340 e. The number of nitrogens with zero attached hydrogens (tertiary/aromatic N) is 1. The Hall–Kier alpha value is -1.95. The number of aromatic nitrogens is 1. The van der Waals surface area contributed by atoms with E-state index < -0.39 is 5.97 Å². The van der Waals surface area contributed by atoms with Crippen LogP contribution in [0.3, 0.4) is 0 Å². The lowest BCUT2D eigenvalue weighted by molar-refractivity contribution is 0.0521. The van der Waals surface area contributed by atoms with E-state index in [9.17, 15) is 4.79 Å². The molecule has 0 spiro atoms. The molecule has 2 rings (SSSR count). The molecule has 2 heterocycles. The van der Waals surface area contributed by atoms with Crippen LogP contribution in [0, 0.1) is 6.92 Å². The SMILES string of the molecule is CCOC(=O)c1cc(N)cnc1Sc1ccoc1C. The molecule has 0 radical (unpaired) electrons. The van der Waals surface area contributed by atoms with Crippen molar-refractivity contribution < 1.29 is 13.9 Å². The largest absolute Gasteiger partial charge is 0.468 e. The van der Waals surface area contributed by atoms with E-state index in [0.717, 1.165) is 10.7 Å². The fraction of sp³-hybridized carbons (Fsp3) is 0.231. The number of aryl methyl sites for hydroxylation is 1. The minimum atomic E-state index is -0.425. The van der Waals surface area contributed by atoms with Crippen molar-refractivity contribution in [2.75, 3.05) is 12.3 Å². The van der Waals surface area contributed by atoms with E-state index in [2.05, 4.69) is 4.98 Å². The third-order valence-electron chi connectivity index (χ3n) is 2.39. The fourth-order valence-corrected chi connectivity index (χ4v) is 2.37. The highest BCUT2D eigenvalue weighted by molar-refractivity contribution is 7.99. The Kier molecular flexibility index (Phi) is 4.11. The van der Waals surface area contributed by atoms with Crippen molar-refractivity contribution in [1.82, 2.24) is 4.98 Å². The second kappa shape index (κ2) is 5.79. The number of nitrogens with two attached hydrogens (primary N) is 1. The summed E-state index contributed by atoms with van der Waals surface area (Å²) in [4.78, 5) is 17.0. The molecule has 2 aromatic rings. The van der Waals surface area contributed by atoms with Crippen LogP contribution in [0.15, 0.2) is 38.9 Å². The van der Waals surface area contributed by atoms with E-state index in [1.807, 2.05) is 13.0 Å². The Balaban J connectivity index is 2.34. The Labute approximate surface area is 115 Å². The van der Waals surface area contributed by atoms with E-state index >= 15 is 0 Å². The molecular weight excluding hydrogens is 264 g/mol. The number of furan rings is 1. The first kappa shape index (κ1) is 13.5. The summed E-state index contributed by atoms with van der Waals surface area (Å²) >= 11 is 1.35. The molecule has 2 N–H and O–H groups in total. The molecule has 0 atom stereocenters. The van der Waals surface area contributed by atoms with Crippen LogP contribution in [0.1, 0.15) is 23.0 Å². The highest BCUT2D eigenvalue weighted by Gasteiger charge is 2.17. The van der Waals surface area contributed by atoms with Crippen LogP contribution in [-0.4, -0.2) is 17.6 Å². The monoisotopic (exact) mass is 278 g/mol. The van der Waals surface area contributed by atoms with Crippen LogP contribution in [0.5, 0.6) is 0 Å². The molecule has 0 aromatic carbocycles. The second-order valence-corrected chi connectivity index (χ2v) is 4.82. The van der Waals surface area contributed by atoms with Gasteiger partial charge in [0.15, 0.2) is 0 Å². The van der Waals surface area contributed by atoms with Crippen molar-refractivity contribution in [2.24, 2.45) is 0 Å². The van der Waals surface area contributed by atoms with E-state index in [1.165, 1.54) is 18.0 Å². The minimum absolute atomic E-state index is 0.308. The number of anilines is 1. The molecule has 0 saturated carbocycles. The average molecular weight is 278 g/mol. The Morgan fingerprint density at radius 2 is 2.37 bits per heavy atom. The van der Waals surface area contributed by atoms with Crippen molar-refractivity contribution in [3.8, 4) is 0 Å². The Morgan fingerprint density at radius 1 is 1.58 bits per heavy atom. The summed E-state index contributed by atoms with van der Waals surface area (Å²) in [5.74, 6) is 0.351. The van der Waals surface area contributed by atoms with Crippen LogP contribution in [0.4, 0.5) is 5.69 Å². The number of rotatable bonds is 4. The maximum Gasteiger partial charge on any atom is 0.340 e. The molecule has 0 aliphatic heterocycles. The van der Waals surface area contributed by atoms with Crippen LogP contribution >= 0.6 is 11.8 Å². The number of nitrogen functional groups attached to an aromatic ring is 1. The number of hydrogen-bond donors (Lipinski definition) is 1. The molecule has 0 aliphatic carbocycles. The van der Waals surface area contributed by atoms with E-state index in [0.29, 0.717) is 22.9 Å². The van der Waals surface area contributed by atoms with Gasteiger partial charge in [0.2, 0.25) is 0 Å². The van der Waals surface area contributed by atoms with Gasteiger partial charge < -0.3 is 14.9 Å². The van der Waals surface area contributed by atoms with Crippen LogP contribution < -0.4 is 5.73 Å². The zero-order chi connectivity index (χ0) is 13.8. The van der Waals surface area contributed by atoms with Crippen molar-refractivity contribution in [1.29, 1.82) is 0 Å². The van der Waals surface area contributed by atoms with Gasteiger partial charge in [-0.3, -0.25) is 0 Å². The fourth-order valence-electron chi connectivity index (χ4n) is 1.49. The standard InChI is InChI=1S/C13H14N2O3S/c1-3-17-13(16)10-6-9(14)7-15-12(10)19-11-4-5-18-8(11)2/h4-7H,3,14H2,1-2H3. The summed E-state index contributed by atoms with van der Waals surface area (Å²) in [6.45, 7) is 3.91. The molecule has 0 aliphatic rings. The molecule has 6 heteroatoms. The van der Waals surface area contributed by atoms with Crippen molar-refractivity contribution in [2.45, 2.75) is 23.8 Å². The summed E-state index contributed by atoms with van der Waals surface area (Å²) in [6.07, 6.45) is 3.11. The molecule has 0 bridgehead atoms. The number of hydrogen-bond acceptors (Lipinski definition) is 6. The summed E-state index contributed by atoms with van der Waals surface area (Å²) < 4.78 is 10.2. The minimum Gasteiger partial charge on any atom is -0.468 e. The maximum atomic E-state index is 11.9. The predicted molar refractivity (Wildman–Crippen MR) is 72.2 cm³/mol. The zero-order valence-corrected chi connectivity index (χ0v) is 11.5. The van der Waals surface area contributed by atoms with Gasteiger partial charge in [-0.25, -0.2) is 9.78 Å². The van der Waals surface area contributed by atoms with Crippen LogP contribution in [0.25, 0.3) is 0 Å². The van der Waals surface area contributed by atoms with Gasteiger partial charge in [0.25, 0.3) is 0 Å². The van der Waals surface area contributed by atoms with Crippen LogP contribution in [-0.2, 0) is 4.74 Å². The highest BCUT2D eigenvalue weighted by atomic mass is 32.2. The Morgan fingerprint density at radius 3 is 3.00 bits per heavy atom. The second-order valence-electron chi connectivity index (χ2n) is 3.78. The molecule has 5 nitrogen and oxygen atoms in total. The zero-order valence-electron chi connectivity index (χ0n) is 10.7. The molecular formula is C13H14N2O3S. The van der Waals surface area contributed by atoms with E-state index in [1.54, 1.807) is 19.3 Å².